The molecular weight excluding hydrogens is 300 g/mol. The monoisotopic (exact) mass is 330 g/mol. The molecule has 1 aliphatic heterocycles. The number of aryl methyl sites for hydroxylation is 1. The number of carbonyl (C=O) groups excluding carboxylic acids is 2. The van der Waals surface area contributed by atoms with Crippen molar-refractivity contribution in [3.8, 4) is 0 Å². The van der Waals surface area contributed by atoms with E-state index in [4.69, 9.17) is 0 Å². The van der Waals surface area contributed by atoms with E-state index in [2.05, 4.69) is 13.8 Å². The van der Waals surface area contributed by atoms with Crippen molar-refractivity contribution in [1.29, 1.82) is 0 Å². The Balaban J connectivity index is 1.91. The van der Waals surface area contributed by atoms with Crippen molar-refractivity contribution in [3.63, 3.8) is 0 Å². The number of hydrogen-bond acceptors (Lipinski definition) is 2. The summed E-state index contributed by atoms with van der Waals surface area (Å²) < 4.78 is 0. The molecule has 0 saturated carbocycles. The summed E-state index contributed by atoms with van der Waals surface area (Å²) in [6.45, 7) is 9.27. The summed E-state index contributed by atoms with van der Waals surface area (Å²) in [6, 6.07) is 7.71. The van der Waals surface area contributed by atoms with Gasteiger partial charge in [-0.2, -0.15) is 0 Å². The number of hydrogen-bond donors (Lipinski definition) is 0. The van der Waals surface area contributed by atoms with Crippen molar-refractivity contribution in [2.45, 2.75) is 46.5 Å². The molecule has 4 nitrogen and oxygen atoms in total. The molecule has 0 bridgehead atoms. The van der Waals surface area contributed by atoms with Crippen molar-refractivity contribution in [1.82, 2.24) is 9.80 Å². The highest BCUT2D eigenvalue weighted by Gasteiger charge is 2.30. The van der Waals surface area contributed by atoms with Gasteiger partial charge in [0, 0.05) is 37.7 Å². The van der Waals surface area contributed by atoms with Gasteiger partial charge in [-0.3, -0.25) is 9.59 Å². The number of piperidine rings is 1. The predicted octanol–water partition coefficient (Wildman–Crippen LogP) is 3.50. The lowest BCUT2D eigenvalue weighted by atomic mass is 9.94. The minimum absolute atomic E-state index is 0.0742. The van der Waals surface area contributed by atoms with Crippen LogP contribution in [0.15, 0.2) is 24.3 Å². The maximum absolute atomic E-state index is 12.7. The Morgan fingerprint density at radius 2 is 1.58 bits per heavy atom. The number of nitrogens with zero attached hydrogens (tertiary/aromatic N) is 2. The zero-order chi connectivity index (χ0) is 17.5. The Bertz CT molecular complexity index is 539. The van der Waals surface area contributed by atoms with Crippen LogP contribution in [-0.4, -0.2) is 47.8 Å². The van der Waals surface area contributed by atoms with Crippen LogP contribution >= 0.6 is 0 Å². The highest BCUT2D eigenvalue weighted by Crippen LogP contribution is 2.21. The fourth-order valence-corrected chi connectivity index (χ4v) is 3.34. The molecule has 24 heavy (non-hydrogen) atoms. The van der Waals surface area contributed by atoms with Gasteiger partial charge < -0.3 is 9.80 Å². The molecule has 132 valence electrons. The van der Waals surface area contributed by atoms with Crippen LogP contribution in [0, 0.1) is 12.8 Å². The quantitative estimate of drug-likeness (QED) is 0.801. The second-order valence-electron chi connectivity index (χ2n) is 6.76. The number of benzene rings is 1. The molecule has 1 aliphatic rings. The van der Waals surface area contributed by atoms with Gasteiger partial charge in [-0.05, 0) is 44.7 Å². The van der Waals surface area contributed by atoms with Crippen LogP contribution < -0.4 is 0 Å². The molecule has 4 heteroatoms. The molecule has 0 aliphatic carbocycles. The van der Waals surface area contributed by atoms with Crippen LogP contribution in [0.25, 0.3) is 0 Å². The highest BCUT2D eigenvalue weighted by molar-refractivity contribution is 5.94. The van der Waals surface area contributed by atoms with Crippen molar-refractivity contribution in [2.75, 3.05) is 26.2 Å². The first-order valence-electron chi connectivity index (χ1n) is 9.21. The fraction of sp³-hybridized carbons (Fsp3) is 0.600. The molecule has 0 spiro atoms. The van der Waals surface area contributed by atoms with Gasteiger partial charge in [0.2, 0.25) is 5.91 Å². The summed E-state index contributed by atoms with van der Waals surface area (Å²) in [5, 5.41) is 0. The maximum atomic E-state index is 12.7. The normalized spacial score (nSPS) is 15.4. The largest absolute Gasteiger partial charge is 0.342 e. The van der Waals surface area contributed by atoms with Crippen molar-refractivity contribution >= 4 is 11.8 Å². The van der Waals surface area contributed by atoms with E-state index in [-0.39, 0.29) is 17.7 Å². The minimum atomic E-state index is 0.0742. The lowest BCUT2D eigenvalue weighted by Gasteiger charge is -2.34. The van der Waals surface area contributed by atoms with E-state index in [1.165, 1.54) is 0 Å². The zero-order valence-corrected chi connectivity index (χ0v) is 15.3. The van der Waals surface area contributed by atoms with Gasteiger partial charge in [0.25, 0.3) is 5.91 Å². The van der Waals surface area contributed by atoms with Crippen LogP contribution in [0.4, 0.5) is 0 Å². The first kappa shape index (κ1) is 18.5. The highest BCUT2D eigenvalue weighted by atomic mass is 16.2. The summed E-state index contributed by atoms with van der Waals surface area (Å²) in [5.41, 5.74) is 1.90. The minimum Gasteiger partial charge on any atom is -0.342 e. The van der Waals surface area contributed by atoms with Crippen molar-refractivity contribution < 1.29 is 9.59 Å². The molecule has 0 atom stereocenters. The zero-order valence-electron chi connectivity index (χ0n) is 15.3. The van der Waals surface area contributed by atoms with E-state index < -0.39 is 0 Å². The van der Waals surface area contributed by atoms with Gasteiger partial charge in [-0.15, -0.1) is 0 Å². The van der Waals surface area contributed by atoms with Gasteiger partial charge in [-0.25, -0.2) is 0 Å². The Morgan fingerprint density at radius 3 is 2.08 bits per heavy atom. The molecule has 1 aromatic rings. The lowest BCUT2D eigenvalue weighted by molar-refractivity contribution is -0.137. The van der Waals surface area contributed by atoms with E-state index >= 15 is 0 Å². The molecule has 0 radical (unpaired) electrons. The summed E-state index contributed by atoms with van der Waals surface area (Å²) >= 11 is 0. The summed E-state index contributed by atoms with van der Waals surface area (Å²) in [5.74, 6) is 0.436. The van der Waals surface area contributed by atoms with Crippen LogP contribution in [0.1, 0.15) is 55.5 Å². The third-order valence-electron chi connectivity index (χ3n) is 4.73. The number of carbonyl (C=O) groups is 2. The second kappa shape index (κ2) is 8.86. The van der Waals surface area contributed by atoms with E-state index in [0.29, 0.717) is 13.1 Å². The van der Waals surface area contributed by atoms with Gasteiger partial charge in [-0.1, -0.05) is 31.5 Å². The summed E-state index contributed by atoms with van der Waals surface area (Å²) in [7, 11) is 0. The van der Waals surface area contributed by atoms with Gasteiger partial charge in [0.15, 0.2) is 0 Å². The average Bonchev–Trinajstić information content (AvgIpc) is 2.61. The Morgan fingerprint density at radius 1 is 1.04 bits per heavy atom. The molecule has 0 N–H and O–H groups in total. The number of likely N-dealkylation sites (tertiary alicyclic amines) is 1. The second-order valence-corrected chi connectivity index (χ2v) is 6.76. The maximum Gasteiger partial charge on any atom is 0.253 e. The summed E-state index contributed by atoms with van der Waals surface area (Å²) in [4.78, 5) is 29.1. The smallest absolute Gasteiger partial charge is 0.253 e. The fourth-order valence-electron chi connectivity index (χ4n) is 3.34. The van der Waals surface area contributed by atoms with Crippen LogP contribution in [0.5, 0.6) is 0 Å². The van der Waals surface area contributed by atoms with E-state index in [1.807, 2.05) is 41.0 Å². The molecular formula is C20H30N2O2. The van der Waals surface area contributed by atoms with Crippen LogP contribution in [0.2, 0.25) is 0 Å². The lowest BCUT2D eigenvalue weighted by Crippen LogP contribution is -2.44. The number of rotatable bonds is 6. The molecule has 1 saturated heterocycles. The molecule has 1 fully saturated rings. The molecule has 2 rings (SSSR count). The van der Waals surface area contributed by atoms with Gasteiger partial charge in [0.1, 0.15) is 0 Å². The van der Waals surface area contributed by atoms with E-state index in [9.17, 15) is 9.59 Å². The van der Waals surface area contributed by atoms with Crippen LogP contribution in [-0.2, 0) is 4.79 Å². The van der Waals surface area contributed by atoms with Gasteiger partial charge in [0.05, 0.1) is 0 Å². The average molecular weight is 330 g/mol. The molecule has 0 aromatic heterocycles. The third kappa shape index (κ3) is 4.59. The Hall–Kier alpha value is -1.84. The molecule has 1 aromatic carbocycles. The number of amides is 2. The van der Waals surface area contributed by atoms with Crippen molar-refractivity contribution in [2.24, 2.45) is 5.92 Å². The molecule has 1 heterocycles. The standard InChI is InChI=1S/C20H30N2O2/c1-4-12-21(13-5-2)20(24)18-10-14-22(15-11-18)19(23)17-8-6-16(3)7-9-17/h6-9,18H,4-5,10-15H2,1-3H3. The molecule has 0 unspecified atom stereocenters. The predicted molar refractivity (Wildman–Crippen MR) is 97.0 cm³/mol. The first-order valence-corrected chi connectivity index (χ1v) is 9.21. The SMILES string of the molecule is CCCN(CCC)C(=O)C1CCN(C(=O)c2ccc(C)cc2)CC1. The first-order chi connectivity index (χ1) is 11.6. The Kier molecular flexibility index (Phi) is 6.83. The van der Waals surface area contributed by atoms with Crippen LogP contribution in [0.3, 0.4) is 0 Å². The Labute approximate surface area is 145 Å². The van der Waals surface area contributed by atoms with E-state index in [1.54, 1.807) is 0 Å². The van der Waals surface area contributed by atoms with Crippen molar-refractivity contribution in [3.05, 3.63) is 35.4 Å². The third-order valence-corrected chi connectivity index (χ3v) is 4.73. The van der Waals surface area contributed by atoms with Gasteiger partial charge >= 0.3 is 0 Å². The summed E-state index contributed by atoms with van der Waals surface area (Å²) in [6.07, 6.45) is 3.55. The topological polar surface area (TPSA) is 40.6 Å². The molecule has 2 amide bonds. The van der Waals surface area contributed by atoms with E-state index in [0.717, 1.165) is 49.9 Å².